The summed E-state index contributed by atoms with van der Waals surface area (Å²) in [5, 5.41) is 11.4. The zero-order chi connectivity index (χ0) is 15.4. The number of halogens is 1. The first-order chi connectivity index (χ1) is 10.0. The smallest absolute Gasteiger partial charge is 0.233 e. The zero-order valence-electron chi connectivity index (χ0n) is 12.1. The molecule has 21 heavy (non-hydrogen) atoms. The fraction of sp³-hybridized carbons (Fsp3) is 0.357. The predicted molar refractivity (Wildman–Crippen MR) is 80.4 cm³/mol. The molecule has 112 valence electrons. The second kappa shape index (κ2) is 6.71. The van der Waals surface area contributed by atoms with Gasteiger partial charge in [0.15, 0.2) is 11.0 Å². The van der Waals surface area contributed by atoms with E-state index in [0.717, 1.165) is 5.56 Å². The molecule has 0 aliphatic rings. The molecule has 1 amide bonds. The van der Waals surface area contributed by atoms with Crippen molar-refractivity contribution in [1.82, 2.24) is 20.1 Å². The molecule has 0 aliphatic carbocycles. The molecular formula is C14H17FN4OS. The molecule has 0 bridgehead atoms. The second-order valence-corrected chi connectivity index (χ2v) is 5.83. The minimum Gasteiger partial charge on any atom is -0.355 e. The molecule has 2 rings (SSSR count). The van der Waals surface area contributed by atoms with E-state index in [9.17, 15) is 9.18 Å². The Morgan fingerprint density at radius 1 is 1.38 bits per heavy atom. The van der Waals surface area contributed by atoms with Gasteiger partial charge in [-0.15, -0.1) is 10.2 Å². The molecule has 0 fully saturated rings. The zero-order valence-corrected chi connectivity index (χ0v) is 12.9. The summed E-state index contributed by atoms with van der Waals surface area (Å²) in [6.07, 6.45) is 0. The van der Waals surface area contributed by atoms with Crippen LogP contribution in [0.4, 0.5) is 4.39 Å². The van der Waals surface area contributed by atoms with E-state index >= 15 is 0 Å². The molecule has 5 nitrogen and oxygen atoms in total. The van der Waals surface area contributed by atoms with Crippen molar-refractivity contribution >= 4 is 17.7 Å². The number of carbonyl (C=O) groups excluding carboxylic acids is 1. The van der Waals surface area contributed by atoms with Gasteiger partial charge < -0.3 is 9.88 Å². The van der Waals surface area contributed by atoms with Crippen LogP contribution in [0, 0.1) is 5.82 Å². The SMILES string of the molecule is CCNC(=O)[C@H](C)Sc1nnc(-c2ccc(F)cc2)n1C. The van der Waals surface area contributed by atoms with Crippen LogP contribution in [-0.4, -0.2) is 32.5 Å². The number of amides is 1. The Labute approximate surface area is 127 Å². The number of hydrogen-bond donors (Lipinski definition) is 1. The summed E-state index contributed by atoms with van der Waals surface area (Å²) in [6, 6.07) is 6.07. The van der Waals surface area contributed by atoms with Gasteiger partial charge >= 0.3 is 0 Å². The second-order valence-electron chi connectivity index (χ2n) is 4.53. The van der Waals surface area contributed by atoms with Crippen molar-refractivity contribution in [1.29, 1.82) is 0 Å². The lowest BCUT2D eigenvalue weighted by Crippen LogP contribution is -2.30. The Hall–Kier alpha value is -1.89. The van der Waals surface area contributed by atoms with Gasteiger partial charge in [0, 0.05) is 19.2 Å². The lowest BCUT2D eigenvalue weighted by atomic mass is 10.2. The van der Waals surface area contributed by atoms with Gasteiger partial charge in [0.2, 0.25) is 5.91 Å². The fourth-order valence-electron chi connectivity index (χ4n) is 1.80. The van der Waals surface area contributed by atoms with E-state index in [0.29, 0.717) is 17.5 Å². The molecule has 1 heterocycles. The van der Waals surface area contributed by atoms with Crippen LogP contribution >= 0.6 is 11.8 Å². The van der Waals surface area contributed by atoms with Gasteiger partial charge in [-0.2, -0.15) is 0 Å². The maximum Gasteiger partial charge on any atom is 0.233 e. The molecule has 1 aromatic heterocycles. The first kappa shape index (κ1) is 15.5. The Morgan fingerprint density at radius 2 is 2.05 bits per heavy atom. The normalized spacial score (nSPS) is 12.2. The number of benzene rings is 1. The summed E-state index contributed by atoms with van der Waals surface area (Å²) in [5.41, 5.74) is 0.781. The number of nitrogens with one attached hydrogen (secondary N) is 1. The fourth-order valence-corrected chi connectivity index (χ4v) is 2.64. The monoisotopic (exact) mass is 308 g/mol. The summed E-state index contributed by atoms with van der Waals surface area (Å²) in [4.78, 5) is 11.7. The van der Waals surface area contributed by atoms with E-state index in [-0.39, 0.29) is 17.0 Å². The number of carbonyl (C=O) groups is 1. The standard InChI is InChI=1S/C14H17FN4OS/c1-4-16-13(20)9(2)21-14-18-17-12(19(14)3)10-5-7-11(15)8-6-10/h5-9H,4H2,1-3H3,(H,16,20)/t9-/m0/s1. The van der Waals surface area contributed by atoms with Gasteiger partial charge in [0.05, 0.1) is 5.25 Å². The van der Waals surface area contributed by atoms with E-state index in [2.05, 4.69) is 15.5 Å². The lowest BCUT2D eigenvalue weighted by Gasteiger charge is -2.10. The summed E-state index contributed by atoms with van der Waals surface area (Å²) in [7, 11) is 1.82. The van der Waals surface area contributed by atoms with Crippen molar-refractivity contribution in [3.8, 4) is 11.4 Å². The number of nitrogens with zero attached hydrogens (tertiary/aromatic N) is 3. The first-order valence-corrected chi connectivity index (χ1v) is 7.50. The maximum atomic E-state index is 13.0. The van der Waals surface area contributed by atoms with Crippen LogP contribution in [0.5, 0.6) is 0 Å². The highest BCUT2D eigenvalue weighted by Crippen LogP contribution is 2.25. The molecule has 1 atom stereocenters. The van der Waals surface area contributed by atoms with E-state index in [1.165, 1.54) is 23.9 Å². The number of aromatic nitrogens is 3. The van der Waals surface area contributed by atoms with Gasteiger partial charge in [0.1, 0.15) is 5.82 Å². The summed E-state index contributed by atoms with van der Waals surface area (Å²) in [6.45, 7) is 4.30. The summed E-state index contributed by atoms with van der Waals surface area (Å²) < 4.78 is 14.7. The highest BCUT2D eigenvalue weighted by Gasteiger charge is 2.18. The van der Waals surface area contributed by atoms with Crippen LogP contribution in [0.3, 0.4) is 0 Å². The topological polar surface area (TPSA) is 59.8 Å². The molecule has 0 radical (unpaired) electrons. The van der Waals surface area contributed by atoms with Crippen molar-refractivity contribution in [2.45, 2.75) is 24.3 Å². The molecule has 1 aromatic carbocycles. The Morgan fingerprint density at radius 3 is 2.67 bits per heavy atom. The predicted octanol–water partition coefficient (Wildman–Crippen LogP) is 2.24. The molecule has 7 heteroatoms. The minimum atomic E-state index is -0.291. The highest BCUT2D eigenvalue weighted by molar-refractivity contribution is 8.00. The molecule has 2 aromatic rings. The average Bonchev–Trinajstić information content (AvgIpc) is 2.81. The average molecular weight is 308 g/mol. The van der Waals surface area contributed by atoms with Crippen molar-refractivity contribution in [3.63, 3.8) is 0 Å². The molecular weight excluding hydrogens is 291 g/mol. The summed E-state index contributed by atoms with van der Waals surface area (Å²) in [5.74, 6) is 0.315. The molecule has 1 N–H and O–H groups in total. The van der Waals surface area contributed by atoms with Gasteiger partial charge in [0.25, 0.3) is 0 Å². The van der Waals surface area contributed by atoms with Crippen LogP contribution in [0.15, 0.2) is 29.4 Å². The third kappa shape index (κ3) is 3.60. The van der Waals surface area contributed by atoms with Crippen LogP contribution in [0.2, 0.25) is 0 Å². The van der Waals surface area contributed by atoms with Crippen molar-refractivity contribution in [2.75, 3.05) is 6.54 Å². The summed E-state index contributed by atoms with van der Waals surface area (Å²) >= 11 is 1.34. The molecule has 0 saturated carbocycles. The van der Waals surface area contributed by atoms with Gasteiger partial charge in [-0.1, -0.05) is 11.8 Å². The van der Waals surface area contributed by atoms with Crippen LogP contribution in [0.1, 0.15) is 13.8 Å². The number of thioether (sulfide) groups is 1. The third-order valence-electron chi connectivity index (χ3n) is 2.94. The van der Waals surface area contributed by atoms with E-state index in [1.54, 1.807) is 16.7 Å². The largest absolute Gasteiger partial charge is 0.355 e. The minimum absolute atomic E-state index is 0.0335. The molecule has 0 saturated heterocycles. The maximum absolute atomic E-state index is 13.0. The quantitative estimate of drug-likeness (QED) is 0.861. The van der Waals surface area contributed by atoms with Gasteiger partial charge in [-0.05, 0) is 38.1 Å². The highest BCUT2D eigenvalue weighted by atomic mass is 32.2. The first-order valence-electron chi connectivity index (χ1n) is 6.62. The van der Waals surface area contributed by atoms with Crippen LogP contribution in [-0.2, 0) is 11.8 Å². The molecule has 0 aliphatic heterocycles. The van der Waals surface area contributed by atoms with Gasteiger partial charge in [-0.25, -0.2) is 4.39 Å². The van der Waals surface area contributed by atoms with Crippen molar-refractivity contribution in [3.05, 3.63) is 30.1 Å². The lowest BCUT2D eigenvalue weighted by molar-refractivity contribution is -0.120. The van der Waals surface area contributed by atoms with Gasteiger partial charge in [-0.3, -0.25) is 4.79 Å². The Bertz CT molecular complexity index is 626. The Balaban J connectivity index is 2.17. The van der Waals surface area contributed by atoms with E-state index in [1.807, 2.05) is 20.9 Å². The third-order valence-corrected chi connectivity index (χ3v) is 4.07. The number of hydrogen-bond acceptors (Lipinski definition) is 4. The van der Waals surface area contributed by atoms with Crippen LogP contribution < -0.4 is 5.32 Å². The Kier molecular flexibility index (Phi) is 4.95. The molecule has 0 unspecified atom stereocenters. The van der Waals surface area contributed by atoms with Crippen molar-refractivity contribution in [2.24, 2.45) is 7.05 Å². The van der Waals surface area contributed by atoms with Crippen molar-refractivity contribution < 1.29 is 9.18 Å². The van der Waals surface area contributed by atoms with E-state index < -0.39 is 0 Å². The molecule has 0 spiro atoms. The van der Waals surface area contributed by atoms with E-state index in [4.69, 9.17) is 0 Å². The number of rotatable bonds is 5. The van der Waals surface area contributed by atoms with Crippen LogP contribution in [0.25, 0.3) is 11.4 Å².